The molecule has 1 N–H and O–H groups in total. The number of hydrogen-bond acceptors (Lipinski definition) is 5. The minimum atomic E-state index is -0.0303. The first-order valence-corrected chi connectivity index (χ1v) is 10.7. The molecule has 0 bridgehead atoms. The summed E-state index contributed by atoms with van der Waals surface area (Å²) >= 11 is 1.35. The fourth-order valence-electron chi connectivity index (χ4n) is 3.47. The summed E-state index contributed by atoms with van der Waals surface area (Å²) in [5.41, 5.74) is 0.655. The lowest BCUT2D eigenvalue weighted by Gasteiger charge is -2.31. The molecule has 0 atom stereocenters. The maximum atomic E-state index is 12.8. The fraction of sp³-hybridized carbons (Fsp3) is 0.550. The quantitative estimate of drug-likeness (QED) is 0.583. The van der Waals surface area contributed by atoms with Crippen LogP contribution in [0.25, 0.3) is 10.9 Å². The molecule has 0 aliphatic carbocycles. The van der Waals surface area contributed by atoms with Gasteiger partial charge in [-0.25, -0.2) is 4.98 Å². The predicted octanol–water partition coefficient (Wildman–Crippen LogP) is 2.50. The Balaban J connectivity index is 1.66. The first-order valence-electron chi connectivity index (χ1n) is 9.76. The van der Waals surface area contributed by atoms with Crippen LogP contribution in [-0.4, -0.2) is 51.8 Å². The highest BCUT2D eigenvalue weighted by Crippen LogP contribution is 2.18. The Bertz CT molecular complexity index is 843. The molecule has 1 aromatic carbocycles. The normalized spacial score (nSPS) is 15.9. The van der Waals surface area contributed by atoms with Crippen LogP contribution in [0.4, 0.5) is 0 Å². The van der Waals surface area contributed by atoms with Crippen LogP contribution in [0.1, 0.15) is 33.1 Å². The molecular weight excluding hydrogens is 360 g/mol. The third-order valence-electron chi connectivity index (χ3n) is 5.01. The number of hydrogen-bond donors (Lipinski definition) is 1. The van der Waals surface area contributed by atoms with Gasteiger partial charge in [-0.1, -0.05) is 37.7 Å². The van der Waals surface area contributed by atoms with Gasteiger partial charge in [-0.2, -0.15) is 0 Å². The Morgan fingerprint density at radius 2 is 2.00 bits per heavy atom. The molecule has 2 heterocycles. The first kappa shape index (κ1) is 19.9. The van der Waals surface area contributed by atoms with Crippen molar-refractivity contribution in [3.05, 3.63) is 34.6 Å². The molecule has 0 spiro atoms. The van der Waals surface area contributed by atoms with Crippen molar-refractivity contribution >= 4 is 28.6 Å². The number of piperidine rings is 1. The first-order chi connectivity index (χ1) is 13.1. The molecule has 0 unspecified atom stereocenters. The Kier molecular flexibility index (Phi) is 6.90. The Labute approximate surface area is 164 Å². The van der Waals surface area contributed by atoms with Gasteiger partial charge in [0.2, 0.25) is 5.91 Å². The van der Waals surface area contributed by atoms with E-state index >= 15 is 0 Å². The number of rotatable bonds is 7. The van der Waals surface area contributed by atoms with Crippen molar-refractivity contribution in [2.24, 2.45) is 0 Å². The molecule has 1 fully saturated rings. The van der Waals surface area contributed by atoms with Gasteiger partial charge in [0, 0.05) is 25.7 Å². The van der Waals surface area contributed by atoms with Crippen LogP contribution < -0.4 is 10.9 Å². The smallest absolute Gasteiger partial charge is 0.262 e. The van der Waals surface area contributed by atoms with E-state index < -0.39 is 0 Å². The van der Waals surface area contributed by atoms with Crippen LogP contribution in [0.2, 0.25) is 0 Å². The van der Waals surface area contributed by atoms with Crippen molar-refractivity contribution < 1.29 is 4.79 Å². The van der Waals surface area contributed by atoms with Gasteiger partial charge in [-0.15, -0.1) is 0 Å². The van der Waals surface area contributed by atoms with E-state index in [9.17, 15) is 9.59 Å². The van der Waals surface area contributed by atoms with Crippen molar-refractivity contribution in [1.29, 1.82) is 0 Å². The van der Waals surface area contributed by atoms with Gasteiger partial charge in [-0.3, -0.25) is 14.2 Å². The van der Waals surface area contributed by atoms with Crippen molar-refractivity contribution in [3.63, 3.8) is 0 Å². The molecular formula is C20H28N4O2S. The topological polar surface area (TPSA) is 67.2 Å². The molecule has 1 aliphatic rings. The largest absolute Gasteiger partial charge is 0.353 e. The molecule has 7 heteroatoms. The third-order valence-corrected chi connectivity index (χ3v) is 5.98. The fourth-order valence-corrected chi connectivity index (χ4v) is 4.31. The van der Waals surface area contributed by atoms with Crippen LogP contribution in [-0.2, 0) is 11.3 Å². The molecule has 27 heavy (non-hydrogen) atoms. The highest BCUT2D eigenvalue weighted by atomic mass is 32.2. The summed E-state index contributed by atoms with van der Waals surface area (Å²) in [6.45, 7) is 7.95. The van der Waals surface area contributed by atoms with Crippen LogP contribution >= 0.6 is 11.8 Å². The van der Waals surface area contributed by atoms with Gasteiger partial charge in [0.1, 0.15) is 0 Å². The number of para-hydroxylation sites is 1. The van der Waals surface area contributed by atoms with Crippen LogP contribution in [0.15, 0.2) is 34.2 Å². The van der Waals surface area contributed by atoms with Gasteiger partial charge in [0.25, 0.3) is 5.56 Å². The van der Waals surface area contributed by atoms with Crippen molar-refractivity contribution in [1.82, 2.24) is 19.8 Å². The van der Waals surface area contributed by atoms with E-state index in [1.807, 2.05) is 25.1 Å². The number of carbonyl (C=O) groups is 1. The number of aromatic nitrogens is 2. The SMILES string of the molecule is CCCn1c(SCC(=O)NC2CCN(CC)CC2)nc2ccccc2c1=O. The van der Waals surface area contributed by atoms with Gasteiger partial charge in [0.15, 0.2) is 5.16 Å². The zero-order valence-electron chi connectivity index (χ0n) is 16.1. The highest BCUT2D eigenvalue weighted by Gasteiger charge is 2.20. The predicted molar refractivity (Wildman–Crippen MR) is 110 cm³/mol. The van der Waals surface area contributed by atoms with E-state index in [2.05, 4.69) is 22.1 Å². The average molecular weight is 389 g/mol. The van der Waals surface area contributed by atoms with E-state index in [0.29, 0.717) is 22.6 Å². The van der Waals surface area contributed by atoms with Gasteiger partial charge >= 0.3 is 0 Å². The van der Waals surface area contributed by atoms with E-state index in [-0.39, 0.29) is 23.3 Å². The van der Waals surface area contributed by atoms with Gasteiger partial charge < -0.3 is 10.2 Å². The molecule has 0 saturated carbocycles. The number of nitrogens with one attached hydrogen (secondary N) is 1. The second kappa shape index (κ2) is 9.37. The molecule has 2 aromatic rings. The molecule has 146 valence electrons. The summed E-state index contributed by atoms with van der Waals surface area (Å²) in [5, 5.41) is 4.38. The number of fused-ring (bicyclic) bond motifs is 1. The molecule has 3 rings (SSSR count). The Morgan fingerprint density at radius 3 is 2.70 bits per heavy atom. The van der Waals surface area contributed by atoms with Crippen molar-refractivity contribution in [3.8, 4) is 0 Å². The van der Waals surface area contributed by atoms with E-state index in [1.54, 1.807) is 10.6 Å². The second-order valence-corrected chi connectivity index (χ2v) is 7.88. The molecule has 1 amide bonds. The van der Waals surface area contributed by atoms with E-state index in [1.165, 1.54) is 11.8 Å². The number of carbonyl (C=O) groups excluding carboxylic acids is 1. The number of likely N-dealkylation sites (tertiary alicyclic amines) is 1. The zero-order valence-corrected chi connectivity index (χ0v) is 16.9. The summed E-state index contributed by atoms with van der Waals surface area (Å²) in [4.78, 5) is 32.2. The van der Waals surface area contributed by atoms with Crippen LogP contribution in [0.5, 0.6) is 0 Å². The standard InChI is InChI=1S/C20H28N4O2S/c1-3-11-24-19(26)16-7-5-6-8-17(16)22-20(24)27-14-18(25)21-15-9-12-23(4-2)13-10-15/h5-8,15H,3-4,9-14H2,1-2H3,(H,21,25). The number of benzene rings is 1. The summed E-state index contributed by atoms with van der Waals surface area (Å²) in [6.07, 6.45) is 2.84. The lowest BCUT2D eigenvalue weighted by Crippen LogP contribution is -2.45. The van der Waals surface area contributed by atoms with E-state index in [0.717, 1.165) is 38.9 Å². The molecule has 1 aliphatic heterocycles. The van der Waals surface area contributed by atoms with Crippen LogP contribution in [0, 0.1) is 0 Å². The summed E-state index contributed by atoms with van der Waals surface area (Å²) in [7, 11) is 0. The van der Waals surface area contributed by atoms with Gasteiger partial charge in [-0.05, 0) is 37.9 Å². The van der Waals surface area contributed by atoms with Crippen molar-refractivity contribution in [2.45, 2.75) is 50.9 Å². The summed E-state index contributed by atoms with van der Waals surface area (Å²) in [5.74, 6) is 0.295. The van der Waals surface area contributed by atoms with Crippen LogP contribution in [0.3, 0.4) is 0 Å². The molecule has 0 radical (unpaired) electrons. The molecule has 6 nitrogen and oxygen atoms in total. The maximum absolute atomic E-state index is 12.8. The summed E-state index contributed by atoms with van der Waals surface area (Å²) < 4.78 is 1.69. The number of nitrogens with zero attached hydrogens (tertiary/aromatic N) is 3. The van der Waals surface area contributed by atoms with Gasteiger partial charge in [0.05, 0.1) is 16.7 Å². The highest BCUT2D eigenvalue weighted by molar-refractivity contribution is 7.99. The Hall–Kier alpha value is -1.86. The summed E-state index contributed by atoms with van der Waals surface area (Å²) in [6, 6.07) is 7.64. The molecule has 1 aromatic heterocycles. The van der Waals surface area contributed by atoms with E-state index in [4.69, 9.17) is 0 Å². The third kappa shape index (κ3) is 4.90. The average Bonchev–Trinajstić information content (AvgIpc) is 2.69. The second-order valence-electron chi connectivity index (χ2n) is 6.93. The maximum Gasteiger partial charge on any atom is 0.262 e. The lowest BCUT2D eigenvalue weighted by molar-refractivity contribution is -0.119. The van der Waals surface area contributed by atoms with Crippen molar-refractivity contribution in [2.75, 3.05) is 25.4 Å². The number of thioether (sulfide) groups is 1. The molecule has 1 saturated heterocycles. The minimum Gasteiger partial charge on any atom is -0.353 e. The zero-order chi connectivity index (χ0) is 19.2. The lowest BCUT2D eigenvalue weighted by atomic mass is 10.1. The number of amides is 1. The minimum absolute atomic E-state index is 0.0143. The monoisotopic (exact) mass is 388 g/mol. The Morgan fingerprint density at radius 1 is 1.26 bits per heavy atom.